The van der Waals surface area contributed by atoms with Crippen LogP contribution in [-0.2, 0) is 11.4 Å². The van der Waals surface area contributed by atoms with Gasteiger partial charge in [-0.25, -0.2) is 14.4 Å². The molecule has 2 heterocycles. The maximum absolute atomic E-state index is 13.9. The summed E-state index contributed by atoms with van der Waals surface area (Å²) in [5, 5.41) is 12.4. The molecule has 1 aliphatic rings. The summed E-state index contributed by atoms with van der Waals surface area (Å²) >= 11 is 6.42. The van der Waals surface area contributed by atoms with Gasteiger partial charge in [-0.05, 0) is 43.2 Å². The summed E-state index contributed by atoms with van der Waals surface area (Å²) in [4.78, 5) is 22.2. The number of likely N-dealkylation sites (tertiary alicyclic amines) is 1. The van der Waals surface area contributed by atoms with Crippen LogP contribution in [0.1, 0.15) is 29.5 Å². The maximum atomic E-state index is 13.9. The third-order valence-corrected chi connectivity index (χ3v) is 6.23. The first-order valence-electron chi connectivity index (χ1n) is 11.4. The second-order valence-electron chi connectivity index (χ2n) is 8.35. The number of halogens is 2. The van der Waals surface area contributed by atoms with E-state index in [-0.39, 0.29) is 40.9 Å². The second kappa shape index (κ2) is 11.2. The largest absolute Gasteiger partial charge is 0.487 e. The number of nitrogens with one attached hydrogen (secondary N) is 2. The zero-order valence-electron chi connectivity index (χ0n) is 19.5. The number of nitrogen functional groups attached to an aromatic ring is 1. The number of hydrogen-bond acceptors (Lipinski definition) is 7. The Balaban J connectivity index is 1.52. The van der Waals surface area contributed by atoms with Crippen LogP contribution in [0.3, 0.4) is 0 Å². The molecule has 0 bridgehead atoms. The van der Waals surface area contributed by atoms with Gasteiger partial charge in [0.05, 0.1) is 16.3 Å². The molecule has 186 valence electrons. The highest BCUT2D eigenvalue weighted by molar-refractivity contribution is 6.32. The summed E-state index contributed by atoms with van der Waals surface area (Å²) < 4.78 is 19.6. The highest BCUT2D eigenvalue weighted by Crippen LogP contribution is 2.30. The lowest BCUT2D eigenvalue weighted by Gasteiger charge is -2.33. The van der Waals surface area contributed by atoms with Crippen molar-refractivity contribution in [3.63, 3.8) is 0 Å². The first kappa shape index (κ1) is 25.1. The molecule has 1 unspecified atom stereocenters. The van der Waals surface area contributed by atoms with E-state index < -0.39 is 0 Å². The average molecular weight is 509 g/mol. The summed E-state index contributed by atoms with van der Waals surface area (Å²) in [6, 6.07) is 11.2. The molecule has 10 heteroatoms. The lowest BCUT2D eigenvalue weighted by atomic mass is 10.0. The molecule has 0 radical (unpaired) electrons. The number of carbonyl (C=O) groups excluding carboxylic acids is 1. The molecule has 3 aromatic rings. The van der Waals surface area contributed by atoms with E-state index in [0.717, 1.165) is 12.8 Å². The number of piperidine rings is 1. The smallest absolute Gasteiger partial charge is 0.246 e. The van der Waals surface area contributed by atoms with Crippen LogP contribution in [0.25, 0.3) is 0 Å². The molecule has 0 spiro atoms. The fourth-order valence-corrected chi connectivity index (χ4v) is 4.30. The number of rotatable bonds is 8. The molecule has 36 heavy (non-hydrogen) atoms. The molecule has 1 aliphatic heterocycles. The highest BCUT2D eigenvalue weighted by atomic mass is 35.5. The number of nitrogens with zero attached hydrogens (tertiary/aromatic N) is 3. The van der Waals surface area contributed by atoms with Crippen LogP contribution in [0.15, 0.2) is 61.4 Å². The summed E-state index contributed by atoms with van der Waals surface area (Å²) in [5.41, 5.74) is 7.45. The lowest BCUT2D eigenvalue weighted by molar-refractivity contribution is -0.127. The molecular weight excluding hydrogens is 483 g/mol. The third-order valence-electron chi connectivity index (χ3n) is 5.94. The van der Waals surface area contributed by atoms with Crippen molar-refractivity contribution >= 4 is 34.9 Å². The van der Waals surface area contributed by atoms with E-state index in [1.165, 1.54) is 18.5 Å². The van der Waals surface area contributed by atoms with Gasteiger partial charge in [-0.2, -0.15) is 0 Å². The average Bonchev–Trinajstić information content (AvgIpc) is 2.88. The number of benzene rings is 2. The van der Waals surface area contributed by atoms with E-state index in [9.17, 15) is 9.18 Å². The molecule has 1 saturated heterocycles. The number of nitrogens with two attached hydrogens (primary N) is 1. The molecule has 1 amide bonds. The van der Waals surface area contributed by atoms with Crippen molar-refractivity contribution in [2.45, 2.75) is 25.5 Å². The van der Waals surface area contributed by atoms with Gasteiger partial charge in [0.15, 0.2) is 0 Å². The van der Waals surface area contributed by atoms with E-state index in [1.54, 1.807) is 41.3 Å². The van der Waals surface area contributed by atoms with Gasteiger partial charge in [-0.15, -0.1) is 0 Å². The molecule has 0 saturated carbocycles. The van der Waals surface area contributed by atoms with Crippen LogP contribution >= 0.6 is 11.6 Å². The van der Waals surface area contributed by atoms with Crippen molar-refractivity contribution in [2.75, 3.05) is 24.1 Å². The van der Waals surface area contributed by atoms with Gasteiger partial charge < -0.3 is 20.7 Å². The Hall–Kier alpha value is -3.98. The van der Waals surface area contributed by atoms with Crippen LogP contribution in [0.2, 0.25) is 5.02 Å². The fourth-order valence-electron chi connectivity index (χ4n) is 4.06. The zero-order chi connectivity index (χ0) is 25.7. The Morgan fingerprint density at radius 2 is 2.14 bits per heavy atom. The standard InChI is InChI=1S/C26H26ClFN6O2/c1-2-22(35)34-11-5-7-18(13-34)33-26-23(25(30)31-15-32-26)24(29)16-9-10-21(19(27)12-16)36-14-17-6-3-4-8-20(17)28/h2-4,6,8-10,12,15,18,29H,1,5,7,11,13-14H2,(H3,30,31,32,33). The predicted molar refractivity (Wildman–Crippen MR) is 138 cm³/mol. The Morgan fingerprint density at radius 3 is 2.89 bits per heavy atom. The fraction of sp³-hybridized carbons (Fsp3) is 0.231. The number of anilines is 2. The van der Waals surface area contributed by atoms with Crippen molar-refractivity contribution in [1.82, 2.24) is 14.9 Å². The van der Waals surface area contributed by atoms with Crippen LogP contribution < -0.4 is 15.8 Å². The number of hydrogen-bond donors (Lipinski definition) is 3. The van der Waals surface area contributed by atoms with Gasteiger partial charge in [0.1, 0.15) is 36.1 Å². The molecule has 1 fully saturated rings. The van der Waals surface area contributed by atoms with Crippen LogP contribution in [0.5, 0.6) is 5.75 Å². The Labute approximate surface area is 213 Å². The number of carbonyl (C=O) groups is 1. The summed E-state index contributed by atoms with van der Waals surface area (Å²) in [5.74, 6) is 0.427. The van der Waals surface area contributed by atoms with Gasteiger partial charge in [-0.3, -0.25) is 10.2 Å². The van der Waals surface area contributed by atoms with Gasteiger partial charge >= 0.3 is 0 Å². The SMILES string of the molecule is C=CC(=O)N1CCCC(Nc2ncnc(N)c2C(=N)c2ccc(OCc3ccccc3F)c(Cl)c2)C1. The minimum absolute atomic E-state index is 0.0174. The van der Waals surface area contributed by atoms with Gasteiger partial charge in [-0.1, -0.05) is 36.4 Å². The first-order valence-corrected chi connectivity index (χ1v) is 11.8. The van der Waals surface area contributed by atoms with Crippen molar-refractivity contribution in [1.29, 1.82) is 5.41 Å². The molecule has 0 aliphatic carbocycles. The van der Waals surface area contributed by atoms with E-state index in [1.807, 2.05) is 0 Å². The quantitative estimate of drug-likeness (QED) is 0.306. The molecule has 2 aromatic carbocycles. The Morgan fingerprint density at radius 1 is 1.33 bits per heavy atom. The van der Waals surface area contributed by atoms with Gasteiger partial charge in [0, 0.05) is 30.3 Å². The summed E-state index contributed by atoms with van der Waals surface area (Å²) in [7, 11) is 0. The Kier molecular flexibility index (Phi) is 7.80. The van der Waals surface area contributed by atoms with Crippen molar-refractivity contribution in [2.24, 2.45) is 0 Å². The lowest BCUT2D eigenvalue weighted by Crippen LogP contribution is -2.44. The third kappa shape index (κ3) is 5.63. The second-order valence-corrected chi connectivity index (χ2v) is 8.76. The minimum atomic E-state index is -0.360. The molecular formula is C26H26ClFN6O2. The van der Waals surface area contributed by atoms with E-state index in [2.05, 4.69) is 21.9 Å². The Bertz CT molecular complexity index is 1300. The minimum Gasteiger partial charge on any atom is -0.487 e. The normalized spacial score (nSPS) is 15.3. The highest BCUT2D eigenvalue weighted by Gasteiger charge is 2.25. The van der Waals surface area contributed by atoms with Crippen molar-refractivity contribution in [3.8, 4) is 5.75 Å². The van der Waals surface area contributed by atoms with E-state index >= 15 is 0 Å². The summed E-state index contributed by atoms with van der Waals surface area (Å²) in [6.45, 7) is 4.73. The van der Waals surface area contributed by atoms with Gasteiger partial charge in [0.2, 0.25) is 5.91 Å². The van der Waals surface area contributed by atoms with Crippen molar-refractivity contribution in [3.05, 3.63) is 89.0 Å². The van der Waals surface area contributed by atoms with E-state index in [0.29, 0.717) is 41.3 Å². The maximum Gasteiger partial charge on any atom is 0.246 e. The molecule has 8 nitrogen and oxygen atoms in total. The summed E-state index contributed by atoms with van der Waals surface area (Å²) in [6.07, 6.45) is 4.29. The van der Waals surface area contributed by atoms with Gasteiger partial charge in [0.25, 0.3) is 0 Å². The monoisotopic (exact) mass is 508 g/mol. The molecule has 1 aromatic heterocycles. The van der Waals surface area contributed by atoms with Crippen molar-refractivity contribution < 1.29 is 13.9 Å². The first-order chi connectivity index (χ1) is 17.4. The molecule has 1 atom stereocenters. The van der Waals surface area contributed by atoms with Crippen LogP contribution in [0, 0.1) is 11.2 Å². The topological polar surface area (TPSA) is 117 Å². The molecule has 4 rings (SSSR count). The zero-order valence-corrected chi connectivity index (χ0v) is 20.3. The molecule has 4 N–H and O–H groups in total. The van der Waals surface area contributed by atoms with E-state index in [4.69, 9.17) is 27.5 Å². The van der Waals surface area contributed by atoms with Crippen LogP contribution in [-0.4, -0.2) is 45.6 Å². The number of amides is 1. The number of ether oxygens (including phenoxy) is 1. The van der Waals surface area contributed by atoms with Crippen LogP contribution in [0.4, 0.5) is 16.0 Å². The number of aromatic nitrogens is 2. The predicted octanol–water partition coefficient (Wildman–Crippen LogP) is 4.44.